The van der Waals surface area contributed by atoms with E-state index in [2.05, 4.69) is 24.5 Å². The largest absolute Gasteiger partial charge is 0.468 e. The minimum absolute atomic E-state index is 0.298. The first-order valence-electron chi connectivity index (χ1n) is 6.28. The van der Waals surface area contributed by atoms with Crippen LogP contribution in [-0.4, -0.2) is 18.6 Å². The van der Waals surface area contributed by atoms with Crippen molar-refractivity contribution in [1.82, 2.24) is 10.6 Å². The normalized spacial score (nSPS) is 24.5. The summed E-state index contributed by atoms with van der Waals surface area (Å²) in [6, 6.07) is 5.49. The third-order valence-electron chi connectivity index (χ3n) is 3.30. The number of furan rings is 1. The second kappa shape index (κ2) is 5.51. The summed E-state index contributed by atoms with van der Waals surface area (Å²) in [5.41, 5.74) is 0. The van der Waals surface area contributed by atoms with Crippen LogP contribution in [0.2, 0.25) is 0 Å². The van der Waals surface area contributed by atoms with Gasteiger partial charge in [-0.3, -0.25) is 0 Å². The molecule has 2 rings (SSSR count). The molecule has 1 aliphatic rings. The third kappa shape index (κ3) is 3.09. The van der Waals surface area contributed by atoms with Crippen LogP contribution in [0.15, 0.2) is 22.8 Å². The second-order valence-electron chi connectivity index (χ2n) is 4.83. The van der Waals surface area contributed by atoms with Crippen molar-refractivity contribution in [3.63, 3.8) is 0 Å². The van der Waals surface area contributed by atoms with Gasteiger partial charge in [0.25, 0.3) is 0 Å². The van der Waals surface area contributed by atoms with Gasteiger partial charge in [0.1, 0.15) is 5.76 Å². The Kier molecular flexibility index (Phi) is 4.02. The minimum atomic E-state index is 0.298. The number of hydrogen-bond donors (Lipinski definition) is 2. The zero-order valence-electron chi connectivity index (χ0n) is 10.2. The van der Waals surface area contributed by atoms with Crippen LogP contribution in [-0.2, 0) is 0 Å². The molecule has 0 aromatic carbocycles. The molecule has 0 radical (unpaired) electrons. The van der Waals surface area contributed by atoms with Crippen molar-refractivity contribution in [2.75, 3.05) is 6.54 Å². The van der Waals surface area contributed by atoms with Gasteiger partial charge in [0.2, 0.25) is 0 Å². The molecule has 2 N–H and O–H groups in total. The molecule has 0 saturated carbocycles. The Bertz CT molecular complexity index is 291. The van der Waals surface area contributed by atoms with Gasteiger partial charge >= 0.3 is 0 Å². The lowest BCUT2D eigenvalue weighted by Gasteiger charge is -2.21. The van der Waals surface area contributed by atoms with Crippen LogP contribution < -0.4 is 10.6 Å². The minimum Gasteiger partial charge on any atom is -0.468 e. The summed E-state index contributed by atoms with van der Waals surface area (Å²) >= 11 is 0. The first-order valence-corrected chi connectivity index (χ1v) is 6.28. The maximum atomic E-state index is 5.39. The molecule has 3 nitrogen and oxygen atoms in total. The molecule has 16 heavy (non-hydrogen) atoms. The topological polar surface area (TPSA) is 37.2 Å². The van der Waals surface area contributed by atoms with E-state index < -0.39 is 0 Å². The molecule has 1 aromatic heterocycles. The Morgan fingerprint density at radius 1 is 1.56 bits per heavy atom. The highest BCUT2D eigenvalue weighted by Gasteiger charge is 2.18. The van der Waals surface area contributed by atoms with E-state index >= 15 is 0 Å². The van der Waals surface area contributed by atoms with Crippen molar-refractivity contribution in [3.05, 3.63) is 24.2 Å². The Hall–Kier alpha value is -0.800. The fourth-order valence-corrected chi connectivity index (χ4v) is 2.50. The van der Waals surface area contributed by atoms with Crippen molar-refractivity contribution in [1.29, 1.82) is 0 Å². The summed E-state index contributed by atoms with van der Waals surface area (Å²) in [5.74, 6) is 1.02. The van der Waals surface area contributed by atoms with Gasteiger partial charge in [-0.2, -0.15) is 0 Å². The summed E-state index contributed by atoms with van der Waals surface area (Å²) in [6.07, 6.45) is 5.58. The molecule has 0 amide bonds. The SMILES string of the molecule is CC(CC1CCCN1)N[C@@H](C)c1ccco1. The lowest BCUT2D eigenvalue weighted by Crippen LogP contribution is -2.35. The molecule has 2 unspecified atom stereocenters. The monoisotopic (exact) mass is 222 g/mol. The van der Waals surface area contributed by atoms with E-state index in [1.165, 1.54) is 25.8 Å². The Balaban J connectivity index is 1.75. The van der Waals surface area contributed by atoms with Crippen LogP contribution in [0.5, 0.6) is 0 Å². The number of hydrogen-bond acceptors (Lipinski definition) is 3. The maximum Gasteiger partial charge on any atom is 0.120 e. The first kappa shape index (κ1) is 11.7. The van der Waals surface area contributed by atoms with Gasteiger partial charge in [-0.05, 0) is 51.8 Å². The maximum absolute atomic E-state index is 5.39. The van der Waals surface area contributed by atoms with E-state index in [1.54, 1.807) is 6.26 Å². The Morgan fingerprint density at radius 2 is 2.44 bits per heavy atom. The highest BCUT2D eigenvalue weighted by Crippen LogP contribution is 2.16. The average molecular weight is 222 g/mol. The molecule has 1 aliphatic heterocycles. The van der Waals surface area contributed by atoms with Crippen LogP contribution in [0.1, 0.15) is 44.9 Å². The van der Waals surface area contributed by atoms with Gasteiger partial charge in [0, 0.05) is 12.1 Å². The summed E-state index contributed by atoms with van der Waals surface area (Å²) < 4.78 is 5.39. The Labute approximate surface area is 97.6 Å². The van der Waals surface area contributed by atoms with Crippen LogP contribution in [0.3, 0.4) is 0 Å². The standard InChI is InChI=1S/C13H22N2O/c1-10(9-12-5-3-7-14-12)15-11(2)13-6-4-8-16-13/h4,6,8,10-12,14-15H,3,5,7,9H2,1-2H3/t10?,11-,12?/m0/s1. The van der Waals surface area contributed by atoms with Crippen LogP contribution in [0.4, 0.5) is 0 Å². The molecule has 3 heteroatoms. The van der Waals surface area contributed by atoms with Gasteiger partial charge in [0.15, 0.2) is 0 Å². The van der Waals surface area contributed by atoms with Gasteiger partial charge in [-0.25, -0.2) is 0 Å². The molecular weight excluding hydrogens is 200 g/mol. The smallest absolute Gasteiger partial charge is 0.120 e. The molecule has 1 fully saturated rings. The second-order valence-corrected chi connectivity index (χ2v) is 4.83. The summed E-state index contributed by atoms with van der Waals surface area (Å²) in [7, 11) is 0. The molecule has 0 bridgehead atoms. The van der Waals surface area contributed by atoms with Crippen LogP contribution >= 0.6 is 0 Å². The number of nitrogens with one attached hydrogen (secondary N) is 2. The zero-order valence-corrected chi connectivity index (χ0v) is 10.2. The van der Waals surface area contributed by atoms with E-state index in [1.807, 2.05) is 12.1 Å². The van der Waals surface area contributed by atoms with Crippen molar-refractivity contribution >= 4 is 0 Å². The fourth-order valence-electron chi connectivity index (χ4n) is 2.50. The van der Waals surface area contributed by atoms with Gasteiger partial charge in [0.05, 0.1) is 12.3 Å². The van der Waals surface area contributed by atoms with E-state index in [-0.39, 0.29) is 0 Å². The third-order valence-corrected chi connectivity index (χ3v) is 3.30. The van der Waals surface area contributed by atoms with Gasteiger partial charge < -0.3 is 15.1 Å². The predicted octanol–water partition coefficient (Wildman–Crippen LogP) is 2.46. The number of rotatable bonds is 5. The van der Waals surface area contributed by atoms with E-state index in [4.69, 9.17) is 4.42 Å². The fraction of sp³-hybridized carbons (Fsp3) is 0.692. The lowest BCUT2D eigenvalue weighted by atomic mass is 10.1. The van der Waals surface area contributed by atoms with Gasteiger partial charge in [-0.15, -0.1) is 0 Å². The highest BCUT2D eigenvalue weighted by atomic mass is 16.3. The van der Waals surface area contributed by atoms with Crippen molar-refractivity contribution in [3.8, 4) is 0 Å². The van der Waals surface area contributed by atoms with Crippen molar-refractivity contribution < 1.29 is 4.42 Å². The van der Waals surface area contributed by atoms with Crippen molar-refractivity contribution in [2.45, 2.75) is 51.2 Å². The van der Waals surface area contributed by atoms with E-state index in [0.29, 0.717) is 18.1 Å². The lowest BCUT2D eigenvalue weighted by molar-refractivity contribution is 0.367. The average Bonchev–Trinajstić information content (AvgIpc) is 2.88. The quantitative estimate of drug-likeness (QED) is 0.803. The highest BCUT2D eigenvalue weighted by molar-refractivity contribution is 5.03. The summed E-state index contributed by atoms with van der Waals surface area (Å²) in [4.78, 5) is 0. The predicted molar refractivity (Wildman–Crippen MR) is 65.4 cm³/mol. The van der Waals surface area contributed by atoms with Crippen LogP contribution in [0, 0.1) is 0 Å². The van der Waals surface area contributed by atoms with E-state index in [9.17, 15) is 0 Å². The molecule has 3 atom stereocenters. The Morgan fingerprint density at radius 3 is 3.06 bits per heavy atom. The first-order chi connectivity index (χ1) is 7.75. The van der Waals surface area contributed by atoms with E-state index in [0.717, 1.165) is 5.76 Å². The summed E-state index contributed by atoms with van der Waals surface area (Å²) in [6.45, 7) is 5.59. The summed E-state index contributed by atoms with van der Waals surface area (Å²) in [5, 5.41) is 7.11. The zero-order chi connectivity index (χ0) is 11.4. The van der Waals surface area contributed by atoms with Crippen LogP contribution in [0.25, 0.3) is 0 Å². The molecule has 2 heterocycles. The molecule has 0 spiro atoms. The molecule has 0 aliphatic carbocycles. The molecule has 1 aromatic rings. The van der Waals surface area contributed by atoms with Gasteiger partial charge in [-0.1, -0.05) is 0 Å². The van der Waals surface area contributed by atoms with Crippen molar-refractivity contribution in [2.24, 2.45) is 0 Å². The molecular formula is C13H22N2O. The molecule has 90 valence electrons. The molecule has 1 saturated heterocycles.